The van der Waals surface area contributed by atoms with Gasteiger partial charge in [0.15, 0.2) is 0 Å². The van der Waals surface area contributed by atoms with Gasteiger partial charge in [0.2, 0.25) is 8.07 Å². The summed E-state index contributed by atoms with van der Waals surface area (Å²) in [6.07, 6.45) is 0. The molecule has 5 nitrogen and oxygen atoms in total. The van der Waals surface area contributed by atoms with Crippen molar-refractivity contribution in [1.29, 1.82) is 0 Å². The molecule has 0 saturated carbocycles. The number of fused-ring (bicyclic) bond motifs is 17. The van der Waals surface area contributed by atoms with Crippen LogP contribution in [0.25, 0.3) is 148 Å². The van der Waals surface area contributed by atoms with Crippen molar-refractivity contribution in [2.75, 3.05) is 0 Å². The lowest BCUT2D eigenvalue weighted by atomic mass is 9.94. The van der Waals surface area contributed by atoms with Gasteiger partial charge in [-0.2, -0.15) is 0 Å². The van der Waals surface area contributed by atoms with Gasteiger partial charge < -0.3 is 22.5 Å². The second kappa shape index (κ2) is 18.7. The maximum absolute atomic E-state index is 6.53. The highest BCUT2D eigenvalue weighted by molar-refractivity contribution is 7.17. The fourth-order valence-corrected chi connectivity index (χ4v) is 18.7. The Bertz CT molecular complexity index is 5770. The number of hydrogen-bond donors (Lipinski definition) is 0. The largest absolute Gasteiger partial charge is 0.456 e. The van der Waals surface area contributed by atoms with Crippen LogP contribution in [0.5, 0.6) is 0 Å². The van der Waals surface area contributed by atoms with Gasteiger partial charge in [-0.15, -0.1) is 5.54 Å². The Hall–Kier alpha value is -11.6. The fraction of sp³-hybridized carbons (Fsp3) is 0. The molecule has 0 atom stereocenters. The molecule has 0 spiro atoms. The number of furan rings is 2. The molecule has 0 saturated heterocycles. The van der Waals surface area contributed by atoms with E-state index >= 15 is 0 Å². The van der Waals surface area contributed by atoms with E-state index in [0.29, 0.717) is 0 Å². The minimum atomic E-state index is -3.38. The van der Waals surface area contributed by atoms with E-state index in [2.05, 4.69) is 310 Å². The molecule has 6 heteroatoms. The summed E-state index contributed by atoms with van der Waals surface area (Å²) in [5.74, 6) is 4.14. The second-order valence-electron chi connectivity index (χ2n) is 23.3. The lowest BCUT2D eigenvalue weighted by molar-refractivity contribution is 0.668. The highest BCUT2D eigenvalue weighted by Gasteiger charge is 2.40. The maximum Gasteiger partial charge on any atom is 0.230 e. The average molecular weight is 1140 g/mol. The van der Waals surface area contributed by atoms with Gasteiger partial charge in [0.1, 0.15) is 22.3 Å². The number of hydrogen-bond acceptors (Lipinski definition) is 2. The van der Waals surface area contributed by atoms with Crippen molar-refractivity contribution >= 4 is 154 Å². The third-order valence-corrected chi connectivity index (χ3v) is 22.8. The molecular weight excluding hydrogens is 1090 g/mol. The third kappa shape index (κ3) is 6.93. The monoisotopic (exact) mass is 1140 g/mol. The predicted molar refractivity (Wildman–Crippen MR) is 370 cm³/mol. The zero-order valence-corrected chi connectivity index (χ0v) is 48.4. The number of nitrogens with zero attached hydrogens (tertiary/aromatic N) is 3. The number of benzene rings is 14. The van der Waals surface area contributed by atoms with Crippen LogP contribution in [-0.2, 0) is 0 Å². The van der Waals surface area contributed by atoms with E-state index in [9.17, 15) is 0 Å². The molecule has 19 aromatic rings. The normalized spacial score (nSPS) is 12.2. The fourth-order valence-electron chi connectivity index (χ4n) is 14.9. The van der Waals surface area contributed by atoms with Crippen LogP contribution in [0.3, 0.4) is 0 Å². The van der Waals surface area contributed by atoms with Gasteiger partial charge in [0.05, 0.1) is 38.8 Å². The number of aromatic nitrogens is 3. The zero-order valence-electron chi connectivity index (χ0n) is 47.4. The summed E-state index contributed by atoms with van der Waals surface area (Å²) in [7, 11) is -3.38. The quantitative estimate of drug-likeness (QED) is 0.0720. The zero-order chi connectivity index (χ0) is 57.6. The van der Waals surface area contributed by atoms with E-state index in [-0.39, 0.29) is 0 Å². The summed E-state index contributed by atoms with van der Waals surface area (Å²) in [4.78, 5) is 0. The molecule has 0 unspecified atom stereocenters. The molecule has 19 rings (SSSR count). The Kier molecular flexibility index (Phi) is 10.3. The Morgan fingerprint density at radius 3 is 1.03 bits per heavy atom. The van der Waals surface area contributed by atoms with Crippen molar-refractivity contribution in [2.24, 2.45) is 0 Å². The first kappa shape index (κ1) is 48.7. The van der Waals surface area contributed by atoms with Gasteiger partial charge in [-0.3, -0.25) is 0 Å². The van der Waals surface area contributed by atoms with Gasteiger partial charge in [-0.1, -0.05) is 218 Å². The molecule has 5 aromatic heterocycles. The third-order valence-electron chi connectivity index (χ3n) is 18.7. The molecule has 0 N–H and O–H groups in total. The number of para-hydroxylation sites is 6. The second-order valence-corrected chi connectivity index (χ2v) is 26.8. The molecule has 0 amide bonds. The topological polar surface area (TPSA) is 41.1 Å². The summed E-state index contributed by atoms with van der Waals surface area (Å²) in [5.41, 5.74) is 19.0. The first-order valence-corrected chi connectivity index (χ1v) is 32.1. The smallest absolute Gasteiger partial charge is 0.230 e. The molecule has 14 aromatic carbocycles. The first-order valence-electron chi connectivity index (χ1n) is 30.1. The van der Waals surface area contributed by atoms with Crippen LogP contribution < -0.4 is 15.6 Å². The van der Waals surface area contributed by atoms with Crippen LogP contribution >= 0.6 is 0 Å². The van der Waals surface area contributed by atoms with Gasteiger partial charge in [0, 0.05) is 92.3 Å². The summed E-state index contributed by atoms with van der Waals surface area (Å²) in [5, 5.41) is 19.5. The lowest BCUT2D eigenvalue weighted by Gasteiger charge is -2.28. The summed E-state index contributed by atoms with van der Waals surface area (Å²) in [6, 6.07) is 109. The van der Waals surface area contributed by atoms with Crippen molar-refractivity contribution in [1.82, 2.24) is 13.7 Å². The van der Waals surface area contributed by atoms with E-state index in [1.165, 1.54) is 69.9 Å². The average Bonchev–Trinajstić information content (AvgIpc) is 1.89. The van der Waals surface area contributed by atoms with Gasteiger partial charge >= 0.3 is 0 Å². The lowest BCUT2D eigenvalue weighted by Crippen LogP contribution is -2.66. The van der Waals surface area contributed by atoms with Crippen LogP contribution in [0.4, 0.5) is 0 Å². The Morgan fingerprint density at radius 2 is 0.591 bits per heavy atom. The van der Waals surface area contributed by atoms with E-state index in [1.807, 2.05) is 12.1 Å². The Balaban J connectivity index is 0.919. The van der Waals surface area contributed by atoms with Crippen LogP contribution in [0.1, 0.15) is 5.56 Å². The standard InChI is InChI=1S/C82H49N3O2Si/c1-2-20-54(21-3-1)88(55-40-44-80-70(50-55)66-28-12-18-36-78(66)86-80,56-41-45-81-71(51-56)67-29-13-19-37-79(67)87-81)47-46-59-57-22-4-6-30-68(57)82(69-31-7-5-23-58(59)69)85-76-48-52(83-72-32-14-8-24-60(72)61-25-9-15-33-73(61)83)38-42-64(76)65-43-39-53(49-77(65)85)84-74-34-16-10-26-62(74)63-27-11-17-35-75(63)84/h1-45,48-51H. The summed E-state index contributed by atoms with van der Waals surface area (Å²) >= 11 is 0. The highest BCUT2D eigenvalue weighted by Crippen LogP contribution is 2.44. The van der Waals surface area contributed by atoms with Crippen LogP contribution in [0, 0.1) is 11.5 Å². The molecule has 0 radical (unpaired) electrons. The molecular formula is C82H49N3O2Si. The molecule has 88 heavy (non-hydrogen) atoms. The predicted octanol–water partition coefficient (Wildman–Crippen LogP) is 19.1. The van der Waals surface area contributed by atoms with Gasteiger partial charge in [0.25, 0.3) is 0 Å². The molecule has 0 aliphatic heterocycles. The van der Waals surface area contributed by atoms with Crippen LogP contribution in [-0.4, -0.2) is 21.8 Å². The SMILES string of the molecule is C(#C[Si](c1ccccc1)(c1ccc2oc3ccccc3c2c1)c1ccc2oc3ccccc3c2c1)c1c2ccccc2c(-n2c3cc(-n4c5ccccc5c5ccccc54)ccc3c3ccc(-n4c5ccccc5c5ccccc54)cc32)c2ccccc12. The molecule has 408 valence electrons. The molecule has 0 aliphatic carbocycles. The molecule has 0 aliphatic rings. The van der Waals surface area contributed by atoms with Crippen LogP contribution in [0.2, 0.25) is 0 Å². The van der Waals surface area contributed by atoms with Crippen molar-refractivity contribution in [3.63, 3.8) is 0 Å². The number of rotatable bonds is 6. The van der Waals surface area contributed by atoms with Crippen molar-refractivity contribution in [3.05, 3.63) is 303 Å². The Morgan fingerprint density at radius 1 is 0.239 bits per heavy atom. The minimum absolute atomic E-state index is 0.854. The minimum Gasteiger partial charge on any atom is -0.456 e. The van der Waals surface area contributed by atoms with Gasteiger partial charge in [-0.25, -0.2) is 0 Å². The van der Waals surface area contributed by atoms with Crippen molar-refractivity contribution in [2.45, 2.75) is 0 Å². The van der Waals surface area contributed by atoms with E-state index in [4.69, 9.17) is 8.83 Å². The first-order chi connectivity index (χ1) is 43.6. The van der Waals surface area contributed by atoms with E-state index < -0.39 is 8.07 Å². The highest BCUT2D eigenvalue weighted by atomic mass is 28.3. The van der Waals surface area contributed by atoms with E-state index in [0.717, 1.165) is 99.1 Å². The summed E-state index contributed by atoms with van der Waals surface area (Å²) in [6.45, 7) is 0. The van der Waals surface area contributed by atoms with Crippen molar-refractivity contribution < 1.29 is 8.83 Å². The van der Waals surface area contributed by atoms with Crippen molar-refractivity contribution in [3.8, 4) is 28.5 Å². The molecule has 5 heterocycles. The Labute approximate surface area is 505 Å². The molecule has 0 fully saturated rings. The maximum atomic E-state index is 6.53. The molecule has 0 bridgehead atoms. The van der Waals surface area contributed by atoms with Crippen LogP contribution in [0.15, 0.2) is 306 Å². The van der Waals surface area contributed by atoms with E-state index in [1.54, 1.807) is 0 Å². The van der Waals surface area contributed by atoms with Gasteiger partial charge in [-0.05, 0) is 100 Å². The summed E-state index contributed by atoms with van der Waals surface area (Å²) < 4.78 is 20.5.